The van der Waals surface area contributed by atoms with E-state index in [2.05, 4.69) is 0 Å². The minimum Gasteiger partial charge on any atom is -0.481 e. The summed E-state index contributed by atoms with van der Waals surface area (Å²) in [5.74, 6) is -2.01. The highest BCUT2D eigenvalue weighted by Crippen LogP contribution is 2.60. The van der Waals surface area contributed by atoms with Crippen molar-refractivity contribution >= 4 is 21.6 Å². The van der Waals surface area contributed by atoms with E-state index in [-0.39, 0.29) is 16.6 Å². The molecule has 0 radical (unpaired) electrons. The molecule has 25 heavy (non-hydrogen) atoms. The molecule has 1 aliphatic carbocycles. The molecular formula is C19H18O5S. The highest BCUT2D eigenvalue weighted by Gasteiger charge is 2.63. The number of Topliss-reactive ketones (excluding diaryl/α,β-unsaturated/α-hetero) is 1. The average Bonchev–Trinajstić information content (AvgIpc) is 3.30. The third kappa shape index (κ3) is 3.22. The zero-order valence-electron chi connectivity index (χ0n) is 13.7. The Bertz CT molecular complexity index is 916. The minimum absolute atomic E-state index is 0.0387. The fourth-order valence-corrected chi connectivity index (χ4v) is 5.04. The van der Waals surface area contributed by atoms with Gasteiger partial charge in [0.05, 0.1) is 16.1 Å². The number of hydrogen-bond donors (Lipinski definition) is 1. The van der Waals surface area contributed by atoms with Crippen LogP contribution in [0.15, 0.2) is 59.5 Å². The Labute approximate surface area is 146 Å². The Morgan fingerprint density at radius 2 is 1.68 bits per heavy atom. The molecule has 2 aromatic rings. The lowest BCUT2D eigenvalue weighted by molar-refractivity contribution is -0.142. The zero-order chi connectivity index (χ0) is 18.2. The first-order valence-electron chi connectivity index (χ1n) is 7.88. The molecule has 2 aromatic carbocycles. The van der Waals surface area contributed by atoms with Crippen LogP contribution in [-0.4, -0.2) is 31.0 Å². The maximum Gasteiger partial charge on any atom is 0.311 e. The summed E-state index contributed by atoms with van der Waals surface area (Å²) in [5.41, 5.74) is -0.0353. The van der Waals surface area contributed by atoms with Crippen LogP contribution in [0.2, 0.25) is 0 Å². The second-order valence-electron chi connectivity index (χ2n) is 6.47. The Morgan fingerprint density at radius 1 is 1.08 bits per heavy atom. The molecule has 0 aromatic heterocycles. The summed E-state index contributed by atoms with van der Waals surface area (Å²) in [4.78, 5) is 23.2. The molecule has 1 aliphatic rings. The van der Waals surface area contributed by atoms with Gasteiger partial charge in [-0.2, -0.15) is 0 Å². The molecule has 0 bridgehead atoms. The van der Waals surface area contributed by atoms with E-state index in [4.69, 9.17) is 0 Å². The molecule has 6 heteroatoms. The number of aliphatic carboxylic acids is 1. The molecule has 0 amide bonds. The van der Waals surface area contributed by atoms with Crippen LogP contribution < -0.4 is 0 Å². The lowest BCUT2D eigenvalue weighted by atomic mass is 10.0. The van der Waals surface area contributed by atoms with Crippen molar-refractivity contribution in [3.8, 4) is 0 Å². The Morgan fingerprint density at radius 3 is 2.20 bits per heavy atom. The maximum atomic E-state index is 12.7. The normalized spacial score (nSPS) is 22.4. The first-order chi connectivity index (χ1) is 11.8. The summed E-state index contributed by atoms with van der Waals surface area (Å²) in [6.07, 6.45) is 0.303. The van der Waals surface area contributed by atoms with Gasteiger partial charge in [-0.25, -0.2) is 8.42 Å². The minimum atomic E-state index is -3.78. The number of sulfone groups is 1. The predicted molar refractivity (Wildman–Crippen MR) is 92.4 cm³/mol. The van der Waals surface area contributed by atoms with Crippen molar-refractivity contribution < 1.29 is 23.1 Å². The standard InChI is InChI=1S/C19H18O5S/c1-13(20)14-7-9-16(10-8-14)25(23,24)12-19(18(21)22)11-17(19)15-5-3-2-4-6-15/h2-10,17H,11-12H2,1H3,(H,21,22). The molecule has 3 rings (SSSR count). The summed E-state index contributed by atoms with van der Waals surface area (Å²) < 4.78 is 25.4. The SMILES string of the molecule is CC(=O)c1ccc(S(=O)(=O)CC2(C(=O)O)CC2c2ccccc2)cc1. The summed E-state index contributed by atoms with van der Waals surface area (Å²) in [6, 6.07) is 14.7. The van der Waals surface area contributed by atoms with Crippen LogP contribution in [0.3, 0.4) is 0 Å². The van der Waals surface area contributed by atoms with E-state index in [1.54, 1.807) is 0 Å². The van der Waals surface area contributed by atoms with Crippen LogP contribution in [-0.2, 0) is 14.6 Å². The highest BCUT2D eigenvalue weighted by molar-refractivity contribution is 7.91. The third-order valence-electron chi connectivity index (χ3n) is 4.77. The van der Waals surface area contributed by atoms with Crippen LogP contribution in [0.4, 0.5) is 0 Å². The molecule has 5 nitrogen and oxygen atoms in total. The van der Waals surface area contributed by atoms with Crippen LogP contribution in [0, 0.1) is 5.41 Å². The highest BCUT2D eigenvalue weighted by atomic mass is 32.2. The van der Waals surface area contributed by atoms with Crippen molar-refractivity contribution in [2.24, 2.45) is 5.41 Å². The van der Waals surface area contributed by atoms with E-state index in [0.717, 1.165) is 5.56 Å². The van der Waals surface area contributed by atoms with Gasteiger partial charge in [-0.15, -0.1) is 0 Å². The van der Waals surface area contributed by atoms with Crippen molar-refractivity contribution in [3.05, 3.63) is 65.7 Å². The van der Waals surface area contributed by atoms with Gasteiger partial charge in [0.25, 0.3) is 0 Å². The molecule has 0 saturated heterocycles. The van der Waals surface area contributed by atoms with Gasteiger partial charge < -0.3 is 5.11 Å². The summed E-state index contributed by atoms with van der Waals surface area (Å²) in [5, 5.41) is 9.65. The van der Waals surface area contributed by atoms with Gasteiger partial charge in [0.15, 0.2) is 15.6 Å². The molecule has 0 aliphatic heterocycles. The lowest BCUT2D eigenvalue weighted by Gasteiger charge is -2.13. The van der Waals surface area contributed by atoms with Gasteiger partial charge >= 0.3 is 5.97 Å². The van der Waals surface area contributed by atoms with Crippen molar-refractivity contribution in [2.75, 3.05) is 5.75 Å². The van der Waals surface area contributed by atoms with E-state index in [9.17, 15) is 23.1 Å². The predicted octanol–water partition coefficient (Wildman–Crippen LogP) is 2.92. The quantitative estimate of drug-likeness (QED) is 0.802. The van der Waals surface area contributed by atoms with Gasteiger partial charge in [-0.3, -0.25) is 9.59 Å². The molecule has 1 saturated carbocycles. The van der Waals surface area contributed by atoms with E-state index in [0.29, 0.717) is 12.0 Å². The number of benzene rings is 2. The summed E-state index contributed by atoms with van der Waals surface area (Å²) in [6.45, 7) is 1.40. The maximum absolute atomic E-state index is 12.7. The molecule has 1 fully saturated rings. The van der Waals surface area contributed by atoms with Crippen molar-refractivity contribution in [1.29, 1.82) is 0 Å². The molecule has 0 heterocycles. The molecule has 2 unspecified atom stereocenters. The van der Waals surface area contributed by atoms with Gasteiger partial charge in [0.1, 0.15) is 0 Å². The number of carbonyl (C=O) groups excluding carboxylic acids is 1. The van der Waals surface area contributed by atoms with Crippen LogP contribution >= 0.6 is 0 Å². The first kappa shape index (κ1) is 17.4. The van der Waals surface area contributed by atoms with Gasteiger partial charge in [0.2, 0.25) is 0 Å². The lowest BCUT2D eigenvalue weighted by Crippen LogP contribution is -2.27. The Kier molecular flexibility index (Phi) is 4.24. The Hall–Kier alpha value is -2.47. The fraction of sp³-hybridized carbons (Fsp3) is 0.263. The second kappa shape index (κ2) is 6.11. The molecule has 1 N–H and O–H groups in total. The van der Waals surface area contributed by atoms with E-state index in [1.807, 2.05) is 30.3 Å². The number of ketones is 1. The van der Waals surface area contributed by atoms with Crippen molar-refractivity contribution in [3.63, 3.8) is 0 Å². The van der Waals surface area contributed by atoms with Crippen molar-refractivity contribution in [1.82, 2.24) is 0 Å². The topological polar surface area (TPSA) is 88.5 Å². The molecule has 2 atom stereocenters. The number of carboxylic acids is 1. The van der Waals surface area contributed by atoms with Gasteiger partial charge in [0, 0.05) is 11.5 Å². The Balaban J connectivity index is 1.88. The largest absolute Gasteiger partial charge is 0.481 e. The van der Waals surface area contributed by atoms with Crippen LogP contribution in [0.1, 0.15) is 35.2 Å². The monoisotopic (exact) mass is 358 g/mol. The summed E-state index contributed by atoms with van der Waals surface area (Å²) in [7, 11) is -3.78. The fourth-order valence-electron chi connectivity index (χ4n) is 3.20. The number of carbonyl (C=O) groups is 2. The molecular weight excluding hydrogens is 340 g/mol. The number of rotatable bonds is 6. The third-order valence-corrected chi connectivity index (χ3v) is 6.66. The first-order valence-corrected chi connectivity index (χ1v) is 9.54. The zero-order valence-corrected chi connectivity index (χ0v) is 14.5. The van der Waals surface area contributed by atoms with E-state index in [1.165, 1.54) is 31.2 Å². The number of carboxylic acid groups (broad SMARTS) is 1. The van der Waals surface area contributed by atoms with E-state index >= 15 is 0 Å². The smallest absolute Gasteiger partial charge is 0.311 e. The summed E-state index contributed by atoms with van der Waals surface area (Å²) >= 11 is 0. The van der Waals surface area contributed by atoms with E-state index < -0.39 is 27.0 Å². The van der Waals surface area contributed by atoms with Crippen LogP contribution in [0.25, 0.3) is 0 Å². The van der Waals surface area contributed by atoms with Crippen LogP contribution in [0.5, 0.6) is 0 Å². The molecule has 0 spiro atoms. The van der Waals surface area contributed by atoms with Gasteiger partial charge in [-0.05, 0) is 31.0 Å². The second-order valence-corrected chi connectivity index (χ2v) is 8.46. The molecule has 130 valence electrons. The van der Waals surface area contributed by atoms with Crippen molar-refractivity contribution in [2.45, 2.75) is 24.2 Å². The average molecular weight is 358 g/mol. The van der Waals surface area contributed by atoms with Gasteiger partial charge in [-0.1, -0.05) is 42.5 Å². The number of hydrogen-bond acceptors (Lipinski definition) is 4.